The van der Waals surface area contributed by atoms with Crippen LogP contribution in [0.15, 0.2) is 18.2 Å². The highest BCUT2D eigenvalue weighted by molar-refractivity contribution is 5.58. The van der Waals surface area contributed by atoms with Gasteiger partial charge in [0.15, 0.2) is 0 Å². The lowest BCUT2D eigenvalue weighted by Crippen LogP contribution is -2.39. The number of nitrogen functional groups attached to an aromatic ring is 1. The van der Waals surface area contributed by atoms with Crippen molar-refractivity contribution < 1.29 is 13.2 Å². The monoisotopic (exact) mass is 301 g/mol. The third kappa shape index (κ3) is 4.27. The molecule has 1 aliphatic heterocycles. The molecular weight excluding hydrogens is 279 g/mol. The van der Waals surface area contributed by atoms with Crippen LogP contribution in [0, 0.1) is 0 Å². The maximum atomic E-state index is 12.8. The fourth-order valence-electron chi connectivity index (χ4n) is 2.74. The molecule has 0 radical (unpaired) electrons. The van der Waals surface area contributed by atoms with Crippen molar-refractivity contribution in [3.8, 4) is 0 Å². The first-order valence-corrected chi connectivity index (χ1v) is 7.35. The van der Waals surface area contributed by atoms with Crippen LogP contribution in [0.5, 0.6) is 0 Å². The Hall–Kier alpha value is -1.43. The molecule has 3 N–H and O–H groups in total. The van der Waals surface area contributed by atoms with E-state index in [1.165, 1.54) is 6.07 Å². The second-order valence-corrected chi connectivity index (χ2v) is 5.56. The number of hydrogen-bond donors (Lipinski definition) is 2. The molecule has 1 saturated heterocycles. The normalized spacial score (nSPS) is 17.9. The summed E-state index contributed by atoms with van der Waals surface area (Å²) in [6.45, 7) is 5.23. The van der Waals surface area contributed by atoms with Crippen LogP contribution in [0.25, 0.3) is 0 Å². The van der Waals surface area contributed by atoms with E-state index >= 15 is 0 Å². The van der Waals surface area contributed by atoms with Gasteiger partial charge in [-0.05, 0) is 44.0 Å². The molecule has 6 heteroatoms. The maximum absolute atomic E-state index is 12.8. The Balaban J connectivity index is 1.98. The van der Waals surface area contributed by atoms with Crippen molar-refractivity contribution in [2.75, 3.05) is 30.7 Å². The van der Waals surface area contributed by atoms with Crippen LogP contribution < -0.4 is 11.1 Å². The molecule has 0 saturated carbocycles. The van der Waals surface area contributed by atoms with Crippen molar-refractivity contribution in [1.82, 2.24) is 4.90 Å². The summed E-state index contributed by atoms with van der Waals surface area (Å²) < 4.78 is 38.5. The predicted octanol–water partition coefficient (Wildman–Crippen LogP) is 3.57. The Bertz CT molecular complexity index is 466. The molecule has 0 atom stereocenters. The van der Waals surface area contributed by atoms with Crippen LogP contribution >= 0.6 is 0 Å². The smallest absolute Gasteiger partial charge is 0.398 e. The summed E-state index contributed by atoms with van der Waals surface area (Å²) in [4.78, 5) is 2.39. The topological polar surface area (TPSA) is 41.3 Å². The molecule has 21 heavy (non-hydrogen) atoms. The van der Waals surface area contributed by atoms with E-state index in [0.717, 1.165) is 45.0 Å². The Morgan fingerprint density at radius 3 is 2.52 bits per heavy atom. The molecule has 0 bridgehead atoms. The SMILES string of the molecule is CCCN1CCC(Nc2ccc(N)c(C(F)(F)F)c2)CC1. The quantitative estimate of drug-likeness (QED) is 0.835. The van der Waals surface area contributed by atoms with E-state index in [1.807, 2.05) is 0 Å². The van der Waals surface area contributed by atoms with E-state index in [9.17, 15) is 13.2 Å². The third-order valence-corrected chi connectivity index (χ3v) is 3.86. The molecule has 0 aromatic heterocycles. The number of likely N-dealkylation sites (tertiary alicyclic amines) is 1. The Labute approximate surface area is 123 Å². The number of anilines is 2. The summed E-state index contributed by atoms with van der Waals surface area (Å²) in [5, 5.41) is 3.20. The number of nitrogens with zero attached hydrogens (tertiary/aromatic N) is 1. The molecule has 0 aliphatic carbocycles. The molecule has 118 valence electrons. The molecular formula is C15H22F3N3. The van der Waals surface area contributed by atoms with Gasteiger partial charge >= 0.3 is 6.18 Å². The first-order valence-electron chi connectivity index (χ1n) is 7.35. The lowest BCUT2D eigenvalue weighted by atomic mass is 10.0. The van der Waals surface area contributed by atoms with Gasteiger partial charge < -0.3 is 16.0 Å². The second kappa shape index (κ2) is 6.56. The Morgan fingerprint density at radius 1 is 1.29 bits per heavy atom. The lowest BCUT2D eigenvalue weighted by molar-refractivity contribution is -0.136. The van der Waals surface area contributed by atoms with Gasteiger partial charge in [-0.2, -0.15) is 13.2 Å². The van der Waals surface area contributed by atoms with Gasteiger partial charge in [-0.1, -0.05) is 6.92 Å². The number of halogens is 3. The van der Waals surface area contributed by atoms with Crippen LogP contribution in [0.4, 0.5) is 24.5 Å². The van der Waals surface area contributed by atoms with Crippen molar-refractivity contribution in [1.29, 1.82) is 0 Å². The molecule has 1 fully saturated rings. The molecule has 3 nitrogen and oxygen atoms in total. The first-order chi connectivity index (χ1) is 9.90. The van der Waals surface area contributed by atoms with E-state index in [0.29, 0.717) is 5.69 Å². The fraction of sp³-hybridized carbons (Fsp3) is 0.600. The van der Waals surface area contributed by atoms with Crippen LogP contribution in [0.1, 0.15) is 31.7 Å². The maximum Gasteiger partial charge on any atom is 0.418 e. The number of piperidine rings is 1. The van der Waals surface area contributed by atoms with Gasteiger partial charge in [0.25, 0.3) is 0 Å². The zero-order valence-corrected chi connectivity index (χ0v) is 12.2. The van der Waals surface area contributed by atoms with Gasteiger partial charge in [0.05, 0.1) is 5.56 Å². The molecule has 0 spiro atoms. The molecule has 1 aromatic rings. The molecule has 0 unspecified atom stereocenters. The van der Waals surface area contributed by atoms with Gasteiger partial charge in [0.1, 0.15) is 0 Å². The fourth-order valence-corrected chi connectivity index (χ4v) is 2.74. The zero-order valence-electron chi connectivity index (χ0n) is 12.2. The van der Waals surface area contributed by atoms with Gasteiger partial charge in [0, 0.05) is 30.5 Å². The number of hydrogen-bond acceptors (Lipinski definition) is 3. The van der Waals surface area contributed by atoms with Gasteiger partial charge in [-0.15, -0.1) is 0 Å². The van der Waals surface area contributed by atoms with E-state index in [4.69, 9.17) is 5.73 Å². The van der Waals surface area contributed by atoms with Crippen LogP contribution in [0.2, 0.25) is 0 Å². The van der Waals surface area contributed by atoms with E-state index in [1.54, 1.807) is 6.07 Å². The number of nitrogens with one attached hydrogen (secondary N) is 1. The van der Waals surface area contributed by atoms with Crippen LogP contribution in [-0.4, -0.2) is 30.6 Å². The van der Waals surface area contributed by atoms with Crippen molar-refractivity contribution in [3.63, 3.8) is 0 Å². The summed E-state index contributed by atoms with van der Waals surface area (Å²) in [5.41, 5.74) is 4.90. The summed E-state index contributed by atoms with van der Waals surface area (Å²) in [5.74, 6) is 0. The second-order valence-electron chi connectivity index (χ2n) is 5.56. The number of rotatable bonds is 4. The Morgan fingerprint density at radius 2 is 1.95 bits per heavy atom. The molecule has 1 heterocycles. The standard InChI is InChI=1S/C15H22F3N3/c1-2-7-21-8-5-11(6-9-21)20-12-3-4-14(19)13(10-12)15(16,17)18/h3-4,10-11,20H,2,5-9,19H2,1H3. The summed E-state index contributed by atoms with van der Waals surface area (Å²) in [6, 6.07) is 4.26. The minimum atomic E-state index is -4.41. The van der Waals surface area contributed by atoms with Crippen molar-refractivity contribution in [2.45, 2.75) is 38.4 Å². The predicted molar refractivity (Wildman–Crippen MR) is 79.2 cm³/mol. The molecule has 0 amide bonds. The van der Waals surface area contributed by atoms with E-state index < -0.39 is 11.7 Å². The van der Waals surface area contributed by atoms with Crippen molar-refractivity contribution >= 4 is 11.4 Å². The highest BCUT2D eigenvalue weighted by atomic mass is 19.4. The minimum Gasteiger partial charge on any atom is -0.398 e. The van der Waals surface area contributed by atoms with Gasteiger partial charge in [-0.3, -0.25) is 0 Å². The summed E-state index contributed by atoms with van der Waals surface area (Å²) in [7, 11) is 0. The number of benzene rings is 1. The average Bonchev–Trinajstić information content (AvgIpc) is 2.42. The third-order valence-electron chi connectivity index (χ3n) is 3.86. The van der Waals surface area contributed by atoms with E-state index in [-0.39, 0.29) is 11.7 Å². The molecule has 2 rings (SSSR count). The highest BCUT2D eigenvalue weighted by Crippen LogP contribution is 2.35. The van der Waals surface area contributed by atoms with Gasteiger partial charge in [0.2, 0.25) is 0 Å². The highest BCUT2D eigenvalue weighted by Gasteiger charge is 2.33. The van der Waals surface area contributed by atoms with Crippen molar-refractivity contribution in [3.05, 3.63) is 23.8 Å². The summed E-state index contributed by atoms with van der Waals surface area (Å²) >= 11 is 0. The first kappa shape index (κ1) is 15.9. The minimum absolute atomic E-state index is 0.225. The van der Waals surface area contributed by atoms with Crippen LogP contribution in [0.3, 0.4) is 0 Å². The van der Waals surface area contributed by atoms with Crippen molar-refractivity contribution in [2.24, 2.45) is 0 Å². The van der Waals surface area contributed by atoms with E-state index in [2.05, 4.69) is 17.1 Å². The summed E-state index contributed by atoms with van der Waals surface area (Å²) in [6.07, 6.45) is -1.38. The van der Waals surface area contributed by atoms with Gasteiger partial charge in [-0.25, -0.2) is 0 Å². The molecule has 1 aliphatic rings. The van der Waals surface area contributed by atoms with Crippen LogP contribution in [-0.2, 0) is 6.18 Å². The molecule has 1 aromatic carbocycles. The lowest BCUT2D eigenvalue weighted by Gasteiger charge is -2.32. The average molecular weight is 301 g/mol. The Kier molecular flexibility index (Phi) is 4.98. The number of nitrogens with two attached hydrogens (primary N) is 1. The largest absolute Gasteiger partial charge is 0.418 e. The number of alkyl halides is 3. The zero-order chi connectivity index (χ0) is 15.5.